The smallest absolute Gasteiger partial charge is 0.311 e. The molecule has 7 nitrogen and oxygen atoms in total. The number of aryl methyl sites for hydroxylation is 1. The monoisotopic (exact) mass is 372 g/mol. The number of nitrogens with one attached hydrogen (secondary N) is 1. The number of carboxylic acid groups (broad SMARTS) is 1. The van der Waals surface area contributed by atoms with Crippen LogP contribution in [-0.4, -0.2) is 22.5 Å². The first-order chi connectivity index (χ1) is 12.8. The highest BCUT2D eigenvalue weighted by Gasteiger charge is 2.19. The maximum absolute atomic E-state index is 11.5. The molecule has 0 saturated carbocycles. The quantitative estimate of drug-likeness (QED) is 0.385. The lowest BCUT2D eigenvalue weighted by molar-refractivity contribution is -0.385. The van der Waals surface area contributed by atoms with E-state index in [1.807, 2.05) is 39.0 Å². The lowest BCUT2D eigenvalue weighted by Crippen LogP contribution is -2.17. The van der Waals surface area contributed by atoms with E-state index in [1.54, 1.807) is 12.1 Å². The van der Waals surface area contributed by atoms with E-state index < -0.39 is 10.9 Å². The highest BCUT2D eigenvalue weighted by Crippen LogP contribution is 2.36. The summed E-state index contributed by atoms with van der Waals surface area (Å²) in [5.74, 6) is 0.121. The second-order valence-corrected chi connectivity index (χ2v) is 6.68. The van der Waals surface area contributed by atoms with Crippen LogP contribution in [0.5, 0.6) is 11.5 Å². The van der Waals surface area contributed by atoms with Crippen molar-refractivity contribution in [1.29, 1.82) is 0 Å². The molecule has 0 aliphatic heterocycles. The van der Waals surface area contributed by atoms with Crippen molar-refractivity contribution >= 4 is 11.7 Å². The number of hydrogen-bond acceptors (Lipinski definition) is 5. The van der Waals surface area contributed by atoms with Crippen molar-refractivity contribution in [1.82, 2.24) is 5.32 Å². The normalized spacial score (nSPS) is 10.8. The van der Waals surface area contributed by atoms with Gasteiger partial charge in [0.05, 0.1) is 11.3 Å². The van der Waals surface area contributed by atoms with Gasteiger partial charge in [-0.1, -0.05) is 32.0 Å². The molecule has 2 aromatic carbocycles. The summed E-state index contributed by atoms with van der Waals surface area (Å²) in [4.78, 5) is 21.6. The largest absolute Gasteiger partial charge is 0.481 e. The van der Waals surface area contributed by atoms with Gasteiger partial charge in [-0.2, -0.15) is 0 Å². The molecule has 0 aliphatic carbocycles. The summed E-state index contributed by atoms with van der Waals surface area (Å²) >= 11 is 0. The van der Waals surface area contributed by atoms with E-state index in [-0.39, 0.29) is 23.8 Å². The fraction of sp³-hybridized carbons (Fsp3) is 0.350. The zero-order chi connectivity index (χ0) is 20.0. The van der Waals surface area contributed by atoms with Crippen molar-refractivity contribution in [3.63, 3.8) is 0 Å². The molecule has 7 heteroatoms. The number of hydrogen-bond donors (Lipinski definition) is 2. The summed E-state index contributed by atoms with van der Waals surface area (Å²) in [6.07, 6.45) is -0.00533. The van der Waals surface area contributed by atoms with Crippen LogP contribution in [0.15, 0.2) is 36.4 Å². The number of ether oxygens (including phenoxy) is 1. The summed E-state index contributed by atoms with van der Waals surface area (Å²) in [5.41, 5.74) is 2.56. The molecule has 2 aromatic rings. The van der Waals surface area contributed by atoms with Crippen LogP contribution < -0.4 is 10.1 Å². The standard InChI is InChI=1S/C20H24N2O5/c1-13(2)16-6-4-14(3)10-19(16)27-18-7-5-15(11-17(18)22(25)26)12-21-9-8-20(23)24/h4-7,10-11,13,21H,8-9,12H2,1-3H3,(H,23,24). The molecule has 0 radical (unpaired) electrons. The van der Waals surface area contributed by atoms with Crippen LogP contribution in [0.25, 0.3) is 0 Å². The minimum atomic E-state index is -0.892. The molecule has 144 valence electrons. The number of carboxylic acids is 1. The second-order valence-electron chi connectivity index (χ2n) is 6.68. The van der Waals surface area contributed by atoms with Crippen LogP contribution in [0.3, 0.4) is 0 Å². The Morgan fingerprint density at radius 3 is 2.59 bits per heavy atom. The Morgan fingerprint density at radius 2 is 1.96 bits per heavy atom. The molecular formula is C20H24N2O5. The molecule has 0 unspecified atom stereocenters. The predicted molar refractivity (Wildman–Crippen MR) is 102 cm³/mol. The number of carbonyl (C=O) groups is 1. The van der Waals surface area contributed by atoms with Crippen LogP contribution in [0.2, 0.25) is 0 Å². The molecule has 2 rings (SSSR count). The van der Waals surface area contributed by atoms with Crippen molar-refractivity contribution in [3.05, 3.63) is 63.2 Å². The van der Waals surface area contributed by atoms with Crippen LogP contribution in [-0.2, 0) is 11.3 Å². The highest BCUT2D eigenvalue weighted by atomic mass is 16.6. The molecule has 0 aromatic heterocycles. The third-order valence-electron chi connectivity index (χ3n) is 4.08. The minimum Gasteiger partial charge on any atom is -0.481 e. The van der Waals surface area contributed by atoms with Gasteiger partial charge in [-0.3, -0.25) is 14.9 Å². The van der Waals surface area contributed by atoms with Gasteiger partial charge in [0.25, 0.3) is 0 Å². The number of nitro benzene ring substituents is 1. The molecule has 0 saturated heterocycles. The molecule has 0 heterocycles. The Labute approximate surface area is 158 Å². The Balaban J connectivity index is 2.24. The Hall–Kier alpha value is -2.93. The average molecular weight is 372 g/mol. The maximum atomic E-state index is 11.5. The lowest BCUT2D eigenvalue weighted by Gasteiger charge is -2.15. The van der Waals surface area contributed by atoms with Crippen molar-refractivity contribution in [3.8, 4) is 11.5 Å². The first-order valence-electron chi connectivity index (χ1n) is 8.76. The Bertz CT molecular complexity index is 833. The van der Waals surface area contributed by atoms with E-state index in [0.717, 1.165) is 11.1 Å². The molecule has 0 bridgehead atoms. The van der Waals surface area contributed by atoms with E-state index in [0.29, 0.717) is 24.4 Å². The first kappa shape index (κ1) is 20.4. The lowest BCUT2D eigenvalue weighted by atomic mass is 10.0. The summed E-state index contributed by atoms with van der Waals surface area (Å²) in [5, 5.41) is 23.1. The number of rotatable bonds is 9. The predicted octanol–water partition coefficient (Wildman–Crippen LogP) is 4.38. The number of nitrogens with zero attached hydrogens (tertiary/aromatic N) is 1. The van der Waals surface area contributed by atoms with Crippen LogP contribution >= 0.6 is 0 Å². The molecule has 0 spiro atoms. The number of benzene rings is 2. The summed E-state index contributed by atoms with van der Waals surface area (Å²) in [6, 6.07) is 10.6. The number of aliphatic carboxylic acids is 1. The van der Waals surface area contributed by atoms with Crippen molar-refractivity contribution in [2.45, 2.75) is 39.7 Å². The van der Waals surface area contributed by atoms with Crippen molar-refractivity contribution in [2.75, 3.05) is 6.54 Å². The molecule has 2 N–H and O–H groups in total. The molecule has 0 aliphatic rings. The van der Waals surface area contributed by atoms with Crippen LogP contribution in [0, 0.1) is 17.0 Å². The van der Waals surface area contributed by atoms with Gasteiger partial charge in [0.1, 0.15) is 5.75 Å². The minimum absolute atomic E-state index is 0.00533. The van der Waals surface area contributed by atoms with Crippen LogP contribution in [0.1, 0.15) is 42.9 Å². The molecule has 0 fully saturated rings. The zero-order valence-corrected chi connectivity index (χ0v) is 15.7. The molecular weight excluding hydrogens is 348 g/mol. The third-order valence-corrected chi connectivity index (χ3v) is 4.08. The highest BCUT2D eigenvalue weighted by molar-refractivity contribution is 5.66. The van der Waals surface area contributed by atoms with Crippen molar-refractivity contribution in [2.24, 2.45) is 0 Å². The second kappa shape index (κ2) is 9.14. The van der Waals surface area contributed by atoms with E-state index in [1.165, 1.54) is 6.07 Å². The summed E-state index contributed by atoms with van der Waals surface area (Å²) in [6.45, 7) is 6.66. The maximum Gasteiger partial charge on any atom is 0.311 e. The Kier molecular flexibility index (Phi) is 6.90. The Morgan fingerprint density at radius 1 is 1.22 bits per heavy atom. The first-order valence-corrected chi connectivity index (χ1v) is 8.76. The summed E-state index contributed by atoms with van der Waals surface area (Å²) < 4.78 is 5.92. The molecule has 0 atom stereocenters. The SMILES string of the molecule is Cc1ccc(C(C)C)c(Oc2ccc(CNCCC(=O)O)cc2[N+](=O)[O-])c1. The van der Waals surface area contributed by atoms with Gasteiger partial charge in [-0.25, -0.2) is 0 Å². The zero-order valence-electron chi connectivity index (χ0n) is 15.7. The van der Waals surface area contributed by atoms with E-state index >= 15 is 0 Å². The average Bonchev–Trinajstić information content (AvgIpc) is 2.59. The van der Waals surface area contributed by atoms with Gasteiger partial charge in [-0.15, -0.1) is 0 Å². The fourth-order valence-corrected chi connectivity index (χ4v) is 2.66. The van der Waals surface area contributed by atoms with Gasteiger partial charge >= 0.3 is 11.7 Å². The van der Waals surface area contributed by atoms with Crippen LogP contribution in [0.4, 0.5) is 5.69 Å². The van der Waals surface area contributed by atoms with Gasteiger partial charge in [0.2, 0.25) is 5.75 Å². The van der Waals surface area contributed by atoms with Gasteiger partial charge < -0.3 is 15.2 Å². The fourth-order valence-electron chi connectivity index (χ4n) is 2.66. The van der Waals surface area contributed by atoms with E-state index in [2.05, 4.69) is 5.32 Å². The van der Waals surface area contributed by atoms with Crippen molar-refractivity contribution < 1.29 is 19.6 Å². The third kappa shape index (κ3) is 5.79. The van der Waals surface area contributed by atoms with E-state index in [4.69, 9.17) is 9.84 Å². The van der Waals surface area contributed by atoms with Gasteiger partial charge in [0, 0.05) is 19.2 Å². The van der Waals surface area contributed by atoms with Gasteiger partial charge in [-0.05, 0) is 41.7 Å². The molecule has 27 heavy (non-hydrogen) atoms. The topological polar surface area (TPSA) is 102 Å². The van der Waals surface area contributed by atoms with Gasteiger partial charge in [0.15, 0.2) is 0 Å². The summed E-state index contributed by atoms with van der Waals surface area (Å²) in [7, 11) is 0. The van der Waals surface area contributed by atoms with E-state index in [9.17, 15) is 14.9 Å². The molecule has 0 amide bonds. The number of nitro groups is 1.